The summed E-state index contributed by atoms with van der Waals surface area (Å²) in [5.41, 5.74) is 0.451. The Kier molecular flexibility index (Phi) is 4.67. The van der Waals surface area contributed by atoms with E-state index in [0.29, 0.717) is 26.4 Å². The van der Waals surface area contributed by atoms with Crippen molar-refractivity contribution in [3.63, 3.8) is 0 Å². The first-order chi connectivity index (χ1) is 12.0. The van der Waals surface area contributed by atoms with Crippen LogP contribution in [0.25, 0.3) is 10.2 Å². The number of thiophene rings is 1. The Hall–Kier alpha value is -2.92. The van der Waals surface area contributed by atoms with Crippen LogP contribution in [0, 0.1) is 18.3 Å². The van der Waals surface area contributed by atoms with E-state index in [9.17, 15) is 9.59 Å². The lowest BCUT2D eigenvalue weighted by molar-refractivity contribution is 0.0739. The second kappa shape index (κ2) is 6.91. The summed E-state index contributed by atoms with van der Waals surface area (Å²) in [7, 11) is 1.63. The van der Waals surface area contributed by atoms with Crippen molar-refractivity contribution >= 4 is 27.5 Å². The lowest BCUT2D eigenvalue weighted by Gasteiger charge is -2.20. The minimum absolute atomic E-state index is 0.174. The monoisotopic (exact) mass is 356 g/mol. The Balaban J connectivity index is 2.00. The quantitative estimate of drug-likeness (QED) is 0.700. The summed E-state index contributed by atoms with van der Waals surface area (Å²) in [5.74, 6) is 0.410. The first-order valence-corrected chi connectivity index (χ1v) is 8.48. The van der Waals surface area contributed by atoms with Crippen molar-refractivity contribution in [1.29, 1.82) is 5.26 Å². The standard InChI is InChI=1S/C17H16N4O3S/c1-11-13-15(19-10-20(2)16(13)22)25-14(11)17(23)21(7-4-6-18)9-12-5-3-8-24-12/h3,5,8,10H,4,7,9H2,1-2H3. The zero-order valence-electron chi connectivity index (χ0n) is 13.9. The minimum atomic E-state index is -0.228. The van der Waals surface area contributed by atoms with Crippen molar-refractivity contribution in [2.75, 3.05) is 6.54 Å². The van der Waals surface area contributed by atoms with Crippen LogP contribution < -0.4 is 5.56 Å². The third-order valence-electron chi connectivity index (χ3n) is 3.91. The smallest absolute Gasteiger partial charge is 0.264 e. The van der Waals surface area contributed by atoms with Crippen molar-refractivity contribution in [2.24, 2.45) is 7.05 Å². The fourth-order valence-corrected chi connectivity index (χ4v) is 3.69. The van der Waals surface area contributed by atoms with E-state index < -0.39 is 0 Å². The van der Waals surface area contributed by atoms with E-state index >= 15 is 0 Å². The molecule has 3 aromatic heterocycles. The van der Waals surface area contributed by atoms with Crippen LogP contribution in [-0.2, 0) is 13.6 Å². The number of carbonyl (C=O) groups is 1. The molecular formula is C17H16N4O3S. The Morgan fingerprint density at radius 2 is 2.32 bits per heavy atom. The van der Waals surface area contributed by atoms with E-state index in [4.69, 9.17) is 9.68 Å². The Bertz CT molecular complexity index is 1010. The van der Waals surface area contributed by atoms with Gasteiger partial charge in [0.15, 0.2) is 0 Å². The van der Waals surface area contributed by atoms with Crippen LogP contribution in [0.2, 0.25) is 0 Å². The van der Waals surface area contributed by atoms with Gasteiger partial charge < -0.3 is 13.9 Å². The van der Waals surface area contributed by atoms with Gasteiger partial charge in [0.1, 0.15) is 10.6 Å². The van der Waals surface area contributed by atoms with Gasteiger partial charge in [-0.1, -0.05) is 0 Å². The van der Waals surface area contributed by atoms with Crippen LogP contribution in [-0.4, -0.2) is 26.9 Å². The van der Waals surface area contributed by atoms with Crippen LogP contribution in [0.3, 0.4) is 0 Å². The lowest BCUT2D eigenvalue weighted by atomic mass is 10.2. The van der Waals surface area contributed by atoms with E-state index in [1.165, 1.54) is 22.2 Å². The summed E-state index contributed by atoms with van der Waals surface area (Å²) >= 11 is 1.20. The Morgan fingerprint density at radius 1 is 1.52 bits per heavy atom. The molecule has 0 atom stereocenters. The van der Waals surface area contributed by atoms with Gasteiger partial charge in [-0.15, -0.1) is 11.3 Å². The predicted octanol–water partition coefficient (Wildman–Crippen LogP) is 2.45. The molecule has 0 bridgehead atoms. The zero-order valence-corrected chi connectivity index (χ0v) is 14.7. The maximum atomic E-state index is 13.0. The summed E-state index contributed by atoms with van der Waals surface area (Å²) in [4.78, 5) is 32.2. The van der Waals surface area contributed by atoms with E-state index in [0.717, 1.165) is 0 Å². The van der Waals surface area contributed by atoms with Crippen LogP contribution in [0.15, 0.2) is 33.9 Å². The third kappa shape index (κ3) is 3.19. The summed E-state index contributed by atoms with van der Waals surface area (Å²) < 4.78 is 6.71. The second-order valence-electron chi connectivity index (χ2n) is 5.61. The molecule has 3 aromatic rings. The molecule has 25 heavy (non-hydrogen) atoms. The Labute approximate surface area is 147 Å². The van der Waals surface area contributed by atoms with Gasteiger partial charge in [-0.2, -0.15) is 5.26 Å². The highest BCUT2D eigenvalue weighted by atomic mass is 32.1. The minimum Gasteiger partial charge on any atom is -0.467 e. The maximum Gasteiger partial charge on any atom is 0.264 e. The molecule has 0 spiro atoms. The van der Waals surface area contributed by atoms with Gasteiger partial charge >= 0.3 is 0 Å². The van der Waals surface area contributed by atoms with Crippen molar-refractivity contribution in [3.8, 4) is 6.07 Å². The summed E-state index contributed by atoms with van der Waals surface area (Å²) in [6.45, 7) is 2.31. The highest BCUT2D eigenvalue weighted by Gasteiger charge is 2.24. The molecule has 8 heteroatoms. The molecule has 0 N–H and O–H groups in total. The van der Waals surface area contributed by atoms with Gasteiger partial charge in [0.05, 0.1) is 41.9 Å². The molecule has 3 rings (SSSR count). The zero-order chi connectivity index (χ0) is 18.0. The number of hydrogen-bond acceptors (Lipinski definition) is 6. The van der Waals surface area contributed by atoms with Crippen LogP contribution in [0.5, 0.6) is 0 Å². The van der Waals surface area contributed by atoms with E-state index in [1.54, 1.807) is 37.3 Å². The molecule has 0 fully saturated rings. The topological polar surface area (TPSA) is 92.1 Å². The van der Waals surface area contributed by atoms with E-state index in [1.807, 2.05) is 0 Å². The van der Waals surface area contributed by atoms with Crippen LogP contribution in [0.4, 0.5) is 0 Å². The van der Waals surface area contributed by atoms with Crippen molar-refractivity contribution < 1.29 is 9.21 Å². The molecule has 128 valence electrons. The predicted molar refractivity (Wildman–Crippen MR) is 93.3 cm³/mol. The molecule has 0 saturated carbocycles. The summed E-state index contributed by atoms with van der Waals surface area (Å²) in [6, 6.07) is 5.59. The summed E-state index contributed by atoms with van der Waals surface area (Å²) in [5, 5.41) is 9.34. The van der Waals surface area contributed by atoms with Gasteiger partial charge in [-0.25, -0.2) is 4.98 Å². The van der Waals surface area contributed by atoms with E-state index in [2.05, 4.69) is 11.1 Å². The number of amides is 1. The fraction of sp³-hybridized carbons (Fsp3) is 0.294. The molecule has 7 nitrogen and oxygen atoms in total. The number of nitriles is 1. The van der Waals surface area contributed by atoms with Crippen LogP contribution in [0.1, 0.15) is 27.4 Å². The molecule has 0 saturated heterocycles. The average Bonchev–Trinajstić information content (AvgIpc) is 3.22. The molecule has 0 aromatic carbocycles. The van der Waals surface area contributed by atoms with Crippen molar-refractivity contribution in [3.05, 3.63) is 51.3 Å². The number of nitrogens with zero attached hydrogens (tertiary/aromatic N) is 4. The van der Waals surface area contributed by atoms with Gasteiger partial charge in [0.25, 0.3) is 11.5 Å². The molecule has 0 aliphatic heterocycles. The van der Waals surface area contributed by atoms with E-state index in [-0.39, 0.29) is 31.0 Å². The number of fused-ring (bicyclic) bond motifs is 1. The molecule has 0 radical (unpaired) electrons. The van der Waals surface area contributed by atoms with Gasteiger partial charge in [0.2, 0.25) is 0 Å². The second-order valence-corrected chi connectivity index (χ2v) is 6.61. The normalized spacial score (nSPS) is 10.8. The molecular weight excluding hydrogens is 340 g/mol. The largest absolute Gasteiger partial charge is 0.467 e. The first-order valence-electron chi connectivity index (χ1n) is 7.66. The summed E-state index contributed by atoms with van der Waals surface area (Å²) in [6.07, 6.45) is 3.21. The SMILES string of the molecule is Cc1c(C(=O)N(CCC#N)Cc2ccco2)sc2ncn(C)c(=O)c12. The molecule has 0 aliphatic rings. The molecule has 1 amide bonds. The van der Waals surface area contributed by atoms with Crippen molar-refractivity contribution in [2.45, 2.75) is 19.9 Å². The number of rotatable bonds is 5. The number of carbonyl (C=O) groups excluding carboxylic acids is 1. The van der Waals surface area contributed by atoms with Crippen molar-refractivity contribution in [1.82, 2.24) is 14.5 Å². The third-order valence-corrected chi connectivity index (χ3v) is 5.10. The number of aryl methyl sites for hydroxylation is 2. The number of hydrogen-bond donors (Lipinski definition) is 0. The van der Waals surface area contributed by atoms with Gasteiger partial charge in [-0.3, -0.25) is 9.59 Å². The van der Waals surface area contributed by atoms with Gasteiger partial charge in [0, 0.05) is 13.6 Å². The highest BCUT2D eigenvalue weighted by molar-refractivity contribution is 7.20. The number of aromatic nitrogens is 2. The van der Waals surface area contributed by atoms with Crippen LogP contribution >= 0.6 is 11.3 Å². The maximum absolute atomic E-state index is 13.0. The Morgan fingerprint density at radius 3 is 3.00 bits per heavy atom. The lowest BCUT2D eigenvalue weighted by Crippen LogP contribution is -2.31. The molecule has 3 heterocycles. The fourth-order valence-electron chi connectivity index (χ4n) is 2.58. The average molecular weight is 356 g/mol. The molecule has 0 unspecified atom stereocenters. The van der Waals surface area contributed by atoms with Gasteiger partial charge in [-0.05, 0) is 24.6 Å². The highest BCUT2D eigenvalue weighted by Crippen LogP contribution is 2.28. The molecule has 0 aliphatic carbocycles. The number of furan rings is 1. The first kappa shape index (κ1) is 16.9.